The van der Waals surface area contributed by atoms with E-state index < -0.39 is 17.6 Å². The molecule has 4 rings (SSSR count). The van der Waals surface area contributed by atoms with Crippen LogP contribution in [0.25, 0.3) is 10.9 Å². The summed E-state index contributed by atoms with van der Waals surface area (Å²) in [6.07, 6.45) is 2.06. The molecule has 0 spiro atoms. The lowest BCUT2D eigenvalue weighted by molar-refractivity contribution is -0.137. The summed E-state index contributed by atoms with van der Waals surface area (Å²) in [5.74, 6) is -2.87. The van der Waals surface area contributed by atoms with Gasteiger partial charge in [-0.1, -0.05) is 12.1 Å². The summed E-state index contributed by atoms with van der Waals surface area (Å²) in [7, 11) is 0. The van der Waals surface area contributed by atoms with Crippen LogP contribution in [0.1, 0.15) is 42.0 Å². The Morgan fingerprint density at radius 1 is 1.11 bits per heavy atom. The van der Waals surface area contributed by atoms with Crippen molar-refractivity contribution < 1.29 is 23.1 Å². The van der Waals surface area contributed by atoms with Gasteiger partial charge in [-0.3, -0.25) is 4.79 Å². The molecule has 1 atom stereocenters. The summed E-state index contributed by atoms with van der Waals surface area (Å²) in [5.41, 5.74) is 2.62. The van der Waals surface area contributed by atoms with E-state index in [0.717, 1.165) is 29.3 Å². The van der Waals surface area contributed by atoms with Gasteiger partial charge in [-0.05, 0) is 48.6 Å². The molecule has 1 N–H and O–H groups in total. The van der Waals surface area contributed by atoms with E-state index in [9.17, 15) is 23.1 Å². The summed E-state index contributed by atoms with van der Waals surface area (Å²) in [5, 5.41) is 9.79. The van der Waals surface area contributed by atoms with Crippen molar-refractivity contribution in [3.8, 4) is 0 Å². The number of hydrogen-bond acceptors (Lipinski definition) is 1. The quantitative estimate of drug-likeness (QED) is 0.699. The van der Waals surface area contributed by atoms with Crippen molar-refractivity contribution in [3.63, 3.8) is 0 Å². The standard InChI is InChI=1S/C21H18F3NO2/c22-14-6-4-12(5-7-14)11-25-20-13(8-19(26)27)2-1-3-16(20)17-9-15(23)10-18(24)21(17)25/h4-7,9-10,13H,1-3,8,11H2,(H,26,27). The molecule has 1 aliphatic rings. The SMILES string of the molecule is O=C(O)CC1CCCc2c1n(Cc1ccc(F)cc1)c1c(F)cc(F)cc21. The molecule has 1 aromatic heterocycles. The lowest BCUT2D eigenvalue weighted by atomic mass is 9.84. The third-order valence-electron chi connectivity index (χ3n) is 5.26. The van der Waals surface area contributed by atoms with Gasteiger partial charge < -0.3 is 9.67 Å². The highest BCUT2D eigenvalue weighted by Crippen LogP contribution is 2.41. The maximum absolute atomic E-state index is 14.7. The Morgan fingerprint density at radius 2 is 1.85 bits per heavy atom. The fourth-order valence-electron chi connectivity index (χ4n) is 4.23. The van der Waals surface area contributed by atoms with E-state index in [4.69, 9.17) is 0 Å². The Hall–Kier alpha value is -2.76. The predicted molar refractivity (Wildman–Crippen MR) is 95.3 cm³/mol. The third kappa shape index (κ3) is 3.20. The van der Waals surface area contributed by atoms with E-state index >= 15 is 0 Å². The maximum atomic E-state index is 14.7. The molecule has 0 aliphatic heterocycles. The normalized spacial score (nSPS) is 16.5. The number of carboxylic acids is 1. The van der Waals surface area contributed by atoms with E-state index in [1.54, 1.807) is 16.7 Å². The number of rotatable bonds is 4. The number of carboxylic acid groups (broad SMARTS) is 1. The van der Waals surface area contributed by atoms with Crippen LogP contribution < -0.4 is 0 Å². The first kappa shape index (κ1) is 17.6. The minimum Gasteiger partial charge on any atom is -0.481 e. The molecule has 6 heteroatoms. The molecular formula is C21H18F3NO2. The molecule has 0 radical (unpaired) electrons. The van der Waals surface area contributed by atoms with E-state index in [1.807, 2.05) is 0 Å². The first-order chi connectivity index (χ1) is 12.9. The summed E-state index contributed by atoms with van der Waals surface area (Å²) in [6.45, 7) is 0.269. The van der Waals surface area contributed by atoms with Gasteiger partial charge in [-0.15, -0.1) is 0 Å². The zero-order valence-electron chi connectivity index (χ0n) is 14.5. The van der Waals surface area contributed by atoms with Crippen molar-refractivity contribution in [2.24, 2.45) is 0 Å². The predicted octanol–water partition coefficient (Wildman–Crippen LogP) is 5.00. The Labute approximate surface area is 154 Å². The van der Waals surface area contributed by atoms with E-state index in [0.29, 0.717) is 18.2 Å². The number of nitrogens with zero attached hydrogens (tertiary/aromatic N) is 1. The smallest absolute Gasteiger partial charge is 0.304 e. The first-order valence-corrected chi connectivity index (χ1v) is 8.90. The van der Waals surface area contributed by atoms with Gasteiger partial charge in [0.1, 0.15) is 17.5 Å². The van der Waals surface area contributed by atoms with Gasteiger partial charge in [-0.25, -0.2) is 13.2 Å². The van der Waals surface area contributed by atoms with Gasteiger partial charge in [0.15, 0.2) is 0 Å². The van der Waals surface area contributed by atoms with Crippen molar-refractivity contribution in [3.05, 3.63) is 70.7 Å². The highest BCUT2D eigenvalue weighted by atomic mass is 19.1. The second-order valence-corrected chi connectivity index (χ2v) is 7.05. The number of aliphatic carboxylic acids is 1. The molecule has 3 aromatic rings. The molecule has 0 bridgehead atoms. The number of aryl methyl sites for hydroxylation is 1. The number of benzene rings is 2. The first-order valence-electron chi connectivity index (χ1n) is 8.90. The summed E-state index contributed by atoms with van der Waals surface area (Å²) in [6, 6.07) is 8.06. The zero-order chi connectivity index (χ0) is 19.1. The van der Waals surface area contributed by atoms with Gasteiger partial charge in [0.25, 0.3) is 0 Å². The lowest BCUT2D eigenvalue weighted by Gasteiger charge is -2.24. The largest absolute Gasteiger partial charge is 0.481 e. The highest BCUT2D eigenvalue weighted by molar-refractivity contribution is 5.87. The summed E-state index contributed by atoms with van der Waals surface area (Å²) in [4.78, 5) is 11.3. The van der Waals surface area contributed by atoms with Crippen LogP contribution in [0, 0.1) is 17.5 Å². The molecule has 1 aliphatic carbocycles. The van der Waals surface area contributed by atoms with Crippen molar-refractivity contribution >= 4 is 16.9 Å². The van der Waals surface area contributed by atoms with Crippen molar-refractivity contribution in [1.29, 1.82) is 0 Å². The molecule has 0 fully saturated rings. The van der Waals surface area contributed by atoms with Crippen LogP contribution in [-0.4, -0.2) is 15.6 Å². The molecule has 3 nitrogen and oxygen atoms in total. The fraction of sp³-hybridized carbons (Fsp3) is 0.286. The van der Waals surface area contributed by atoms with Gasteiger partial charge in [0.2, 0.25) is 0 Å². The third-order valence-corrected chi connectivity index (χ3v) is 5.26. The zero-order valence-corrected chi connectivity index (χ0v) is 14.5. The minimum absolute atomic E-state index is 0.0587. The summed E-state index contributed by atoms with van der Waals surface area (Å²) >= 11 is 0. The number of halogens is 3. The van der Waals surface area contributed by atoms with Crippen LogP contribution in [0.15, 0.2) is 36.4 Å². The Kier molecular flexibility index (Phi) is 4.42. The van der Waals surface area contributed by atoms with Crippen molar-refractivity contribution in [1.82, 2.24) is 4.57 Å². The number of hydrogen-bond donors (Lipinski definition) is 1. The minimum atomic E-state index is -0.918. The van der Waals surface area contributed by atoms with E-state index in [-0.39, 0.29) is 30.2 Å². The maximum Gasteiger partial charge on any atom is 0.304 e. The molecule has 140 valence electrons. The average Bonchev–Trinajstić information content (AvgIpc) is 2.91. The number of carbonyl (C=O) groups is 1. The van der Waals surface area contributed by atoms with E-state index in [1.165, 1.54) is 18.2 Å². The Balaban J connectivity index is 1.94. The fourth-order valence-corrected chi connectivity index (χ4v) is 4.23. The van der Waals surface area contributed by atoms with Crippen molar-refractivity contribution in [2.45, 2.75) is 38.1 Å². The Morgan fingerprint density at radius 3 is 2.56 bits per heavy atom. The highest BCUT2D eigenvalue weighted by Gasteiger charge is 2.30. The van der Waals surface area contributed by atoms with Crippen LogP contribution in [0.4, 0.5) is 13.2 Å². The van der Waals surface area contributed by atoms with E-state index in [2.05, 4.69) is 0 Å². The topological polar surface area (TPSA) is 42.2 Å². The van der Waals surface area contributed by atoms with Crippen LogP contribution in [0.5, 0.6) is 0 Å². The molecule has 1 unspecified atom stereocenters. The summed E-state index contributed by atoms with van der Waals surface area (Å²) < 4.78 is 43.6. The molecular weight excluding hydrogens is 355 g/mol. The Bertz CT molecular complexity index is 1020. The van der Waals surface area contributed by atoms with Crippen LogP contribution in [0.3, 0.4) is 0 Å². The van der Waals surface area contributed by atoms with Crippen LogP contribution in [0.2, 0.25) is 0 Å². The average molecular weight is 373 g/mol. The van der Waals surface area contributed by atoms with Crippen LogP contribution in [-0.2, 0) is 17.8 Å². The van der Waals surface area contributed by atoms with Gasteiger partial charge >= 0.3 is 5.97 Å². The molecule has 1 heterocycles. The van der Waals surface area contributed by atoms with Crippen molar-refractivity contribution in [2.75, 3.05) is 0 Å². The molecule has 0 amide bonds. The number of fused-ring (bicyclic) bond motifs is 3. The number of aromatic nitrogens is 1. The van der Waals surface area contributed by atoms with Gasteiger partial charge in [-0.2, -0.15) is 0 Å². The lowest BCUT2D eigenvalue weighted by Crippen LogP contribution is -2.17. The molecule has 0 saturated heterocycles. The molecule has 2 aromatic carbocycles. The molecule has 0 saturated carbocycles. The van der Waals surface area contributed by atoms with Gasteiger partial charge in [0.05, 0.1) is 11.9 Å². The van der Waals surface area contributed by atoms with Crippen LogP contribution >= 0.6 is 0 Å². The second-order valence-electron chi connectivity index (χ2n) is 7.05. The second kappa shape index (κ2) is 6.76. The molecule has 27 heavy (non-hydrogen) atoms. The monoisotopic (exact) mass is 373 g/mol. The van der Waals surface area contributed by atoms with Gasteiger partial charge in [0, 0.05) is 29.6 Å².